The van der Waals surface area contributed by atoms with Gasteiger partial charge >= 0.3 is 0 Å². The molecule has 23 heavy (non-hydrogen) atoms. The van der Waals surface area contributed by atoms with Gasteiger partial charge in [-0.15, -0.1) is 0 Å². The molecule has 2 heterocycles. The fourth-order valence-electron chi connectivity index (χ4n) is 5.88. The zero-order valence-electron chi connectivity index (χ0n) is 14.0. The molecule has 5 aliphatic rings. The average Bonchev–Trinajstić information content (AvgIpc) is 2.98. The van der Waals surface area contributed by atoms with Crippen LogP contribution in [0.2, 0.25) is 0 Å². The van der Waals surface area contributed by atoms with Gasteiger partial charge in [-0.1, -0.05) is 12.8 Å². The van der Waals surface area contributed by atoms with Crippen molar-refractivity contribution in [1.29, 1.82) is 0 Å². The van der Waals surface area contributed by atoms with Crippen molar-refractivity contribution in [2.75, 3.05) is 12.3 Å². The Morgan fingerprint density at radius 2 is 1.52 bits per heavy atom. The summed E-state index contributed by atoms with van der Waals surface area (Å²) in [6.45, 7) is 0.889. The maximum Gasteiger partial charge on any atom is 0.223 e. The van der Waals surface area contributed by atoms with Crippen LogP contribution in [0.15, 0.2) is 0 Å². The van der Waals surface area contributed by atoms with E-state index in [1.807, 2.05) is 0 Å². The fraction of sp³-hybridized carbons (Fsp3) is 0.944. The predicted octanol–water partition coefficient (Wildman–Crippen LogP) is 2.77. The molecule has 2 unspecified atom stereocenters. The van der Waals surface area contributed by atoms with E-state index in [2.05, 4.69) is 4.90 Å². The predicted molar refractivity (Wildman–Crippen MR) is 89.7 cm³/mol. The van der Waals surface area contributed by atoms with Gasteiger partial charge in [-0.25, -0.2) is 8.42 Å². The highest BCUT2D eigenvalue weighted by Crippen LogP contribution is 2.47. The third-order valence-corrected chi connectivity index (χ3v) is 9.10. The molecule has 0 radical (unpaired) electrons. The van der Waals surface area contributed by atoms with Gasteiger partial charge in [-0.3, -0.25) is 4.79 Å². The van der Waals surface area contributed by atoms with Crippen LogP contribution in [-0.4, -0.2) is 42.8 Å². The van der Waals surface area contributed by atoms with Gasteiger partial charge in [0.05, 0.1) is 11.0 Å². The highest BCUT2D eigenvalue weighted by molar-refractivity contribution is 7.92. The monoisotopic (exact) mass is 339 g/mol. The highest BCUT2D eigenvalue weighted by atomic mass is 32.2. The molecule has 2 aliphatic heterocycles. The van der Waals surface area contributed by atoms with Gasteiger partial charge < -0.3 is 4.90 Å². The number of carbonyl (C=O) groups is 1. The summed E-state index contributed by atoms with van der Waals surface area (Å²) in [4.78, 5) is 14.8. The Morgan fingerprint density at radius 3 is 2.17 bits per heavy atom. The minimum absolute atomic E-state index is 0.0667. The first-order chi connectivity index (χ1) is 11.0. The van der Waals surface area contributed by atoms with E-state index in [1.54, 1.807) is 0 Å². The van der Waals surface area contributed by atoms with Crippen molar-refractivity contribution in [3.63, 3.8) is 0 Å². The third-order valence-electron chi connectivity index (χ3n) is 6.84. The number of rotatable bonds is 4. The summed E-state index contributed by atoms with van der Waals surface area (Å²) in [5.74, 6) is 2.47. The van der Waals surface area contributed by atoms with E-state index in [0.717, 1.165) is 56.9 Å². The third kappa shape index (κ3) is 3.18. The number of fused-ring (bicyclic) bond motifs is 1. The molecule has 3 aliphatic carbocycles. The molecule has 4 bridgehead atoms. The first kappa shape index (κ1) is 15.9. The van der Waals surface area contributed by atoms with Gasteiger partial charge in [0.15, 0.2) is 9.84 Å². The second-order valence-corrected chi connectivity index (χ2v) is 10.9. The molecule has 2 atom stereocenters. The molecule has 5 heteroatoms. The van der Waals surface area contributed by atoms with E-state index >= 15 is 0 Å². The molecule has 3 saturated carbocycles. The molecule has 0 spiro atoms. The van der Waals surface area contributed by atoms with Crippen LogP contribution in [0.25, 0.3) is 0 Å². The molecule has 1 amide bonds. The van der Waals surface area contributed by atoms with Crippen LogP contribution in [0.5, 0.6) is 0 Å². The molecule has 5 rings (SSSR count). The Hall–Kier alpha value is -0.580. The first-order valence-corrected chi connectivity index (χ1v) is 11.2. The Morgan fingerprint density at radius 1 is 0.913 bits per heavy atom. The van der Waals surface area contributed by atoms with E-state index in [-0.39, 0.29) is 23.3 Å². The largest absolute Gasteiger partial charge is 0.339 e. The lowest BCUT2D eigenvalue weighted by Crippen LogP contribution is -2.42. The van der Waals surface area contributed by atoms with Crippen LogP contribution in [0.3, 0.4) is 0 Å². The van der Waals surface area contributed by atoms with Crippen molar-refractivity contribution >= 4 is 15.7 Å². The lowest BCUT2D eigenvalue weighted by Gasteiger charge is -2.39. The van der Waals surface area contributed by atoms with E-state index in [4.69, 9.17) is 0 Å². The zero-order valence-corrected chi connectivity index (χ0v) is 14.8. The van der Waals surface area contributed by atoms with Crippen molar-refractivity contribution < 1.29 is 13.2 Å². The number of hydrogen-bond acceptors (Lipinski definition) is 3. The minimum Gasteiger partial charge on any atom is -0.339 e. The first-order valence-electron chi connectivity index (χ1n) is 9.52. The van der Waals surface area contributed by atoms with Gasteiger partial charge in [0, 0.05) is 19.0 Å². The smallest absolute Gasteiger partial charge is 0.223 e. The molecular formula is C18H29NO3S. The summed E-state index contributed by atoms with van der Waals surface area (Å²) in [5.41, 5.74) is 0. The minimum atomic E-state index is -3.07. The molecule has 0 aromatic heterocycles. The van der Waals surface area contributed by atoms with Crippen LogP contribution < -0.4 is 0 Å². The van der Waals surface area contributed by atoms with Crippen LogP contribution in [-0.2, 0) is 14.6 Å². The second-order valence-electron chi connectivity index (χ2n) is 8.50. The lowest BCUT2D eigenvalue weighted by atomic mass is 9.68. The molecule has 0 aromatic carbocycles. The van der Waals surface area contributed by atoms with E-state index in [0.29, 0.717) is 12.0 Å². The summed E-state index contributed by atoms with van der Waals surface area (Å²) < 4.78 is 24.8. The van der Waals surface area contributed by atoms with E-state index in [9.17, 15) is 13.2 Å². The number of nitrogens with zero attached hydrogens (tertiary/aromatic N) is 1. The molecule has 5 fully saturated rings. The van der Waals surface area contributed by atoms with Crippen LogP contribution >= 0.6 is 0 Å². The van der Waals surface area contributed by atoms with Crippen molar-refractivity contribution in [2.24, 2.45) is 17.8 Å². The van der Waals surface area contributed by atoms with Gasteiger partial charge in [-0.2, -0.15) is 0 Å². The van der Waals surface area contributed by atoms with Crippen molar-refractivity contribution in [3.8, 4) is 0 Å². The summed E-state index contributed by atoms with van der Waals surface area (Å²) >= 11 is 0. The van der Waals surface area contributed by atoms with Gasteiger partial charge in [0.2, 0.25) is 5.91 Å². The van der Waals surface area contributed by atoms with Gasteiger partial charge in [0.25, 0.3) is 0 Å². The Bertz CT molecular complexity index is 553. The molecule has 0 aromatic rings. The fourth-order valence-corrected chi connectivity index (χ4v) is 7.72. The van der Waals surface area contributed by atoms with Gasteiger partial charge in [0.1, 0.15) is 0 Å². The molecule has 0 N–H and O–H groups in total. The molecule has 4 nitrogen and oxygen atoms in total. The van der Waals surface area contributed by atoms with Gasteiger partial charge in [-0.05, 0) is 62.7 Å². The standard InChI is InChI=1S/C18H29NO3S/c20-18(5-6-23(21,22)17-3-1-2-4-17)19-12-15-8-13-7-14(9-15)11-16(19)10-13/h13-17H,1-12H2. The highest BCUT2D eigenvalue weighted by Gasteiger charge is 2.44. The Kier molecular flexibility index (Phi) is 4.19. The molecular weight excluding hydrogens is 310 g/mol. The lowest BCUT2D eigenvalue weighted by molar-refractivity contribution is -0.133. The normalized spacial score (nSPS) is 37.3. The van der Waals surface area contributed by atoms with Crippen LogP contribution in [0.1, 0.15) is 64.2 Å². The number of hydrogen-bond donors (Lipinski definition) is 0. The number of amides is 1. The quantitative estimate of drug-likeness (QED) is 0.791. The number of sulfone groups is 1. The SMILES string of the molecule is O=C(CCS(=O)(=O)C1CCCC1)N1CC2CC3CC(C2)CC1C3. The molecule has 2 saturated heterocycles. The Labute approximate surface area is 139 Å². The number of carbonyl (C=O) groups excluding carboxylic acids is 1. The summed E-state index contributed by atoms with van der Waals surface area (Å²) in [6.07, 6.45) is 10.1. The summed E-state index contributed by atoms with van der Waals surface area (Å²) in [6, 6.07) is 0.396. The zero-order chi connectivity index (χ0) is 16.0. The Balaban J connectivity index is 1.39. The second kappa shape index (κ2) is 6.05. The van der Waals surface area contributed by atoms with Crippen molar-refractivity contribution in [2.45, 2.75) is 75.5 Å². The van der Waals surface area contributed by atoms with E-state index < -0.39 is 9.84 Å². The van der Waals surface area contributed by atoms with Crippen molar-refractivity contribution in [1.82, 2.24) is 4.90 Å². The maximum atomic E-state index is 12.7. The molecule has 130 valence electrons. The average molecular weight is 340 g/mol. The van der Waals surface area contributed by atoms with Crippen molar-refractivity contribution in [3.05, 3.63) is 0 Å². The summed E-state index contributed by atoms with van der Waals surface area (Å²) in [5, 5.41) is -0.175. The topological polar surface area (TPSA) is 54.5 Å². The summed E-state index contributed by atoms with van der Waals surface area (Å²) in [7, 11) is -3.07. The van der Waals surface area contributed by atoms with E-state index in [1.165, 1.54) is 19.3 Å². The maximum absolute atomic E-state index is 12.7. The van der Waals surface area contributed by atoms with Crippen LogP contribution in [0, 0.1) is 17.8 Å². The van der Waals surface area contributed by atoms with Crippen LogP contribution in [0.4, 0.5) is 0 Å².